The summed E-state index contributed by atoms with van der Waals surface area (Å²) in [7, 11) is 0. The Morgan fingerprint density at radius 2 is 2.07 bits per heavy atom. The quantitative estimate of drug-likeness (QED) is 0.799. The molecule has 2 nitrogen and oxygen atoms in total. The Kier molecular flexibility index (Phi) is 5.23. The number of nitrogens with one attached hydrogen (secondary N) is 1. The smallest absolute Gasteiger partial charge is 0.0642 e. The van der Waals surface area contributed by atoms with Crippen molar-refractivity contribution in [1.29, 1.82) is 0 Å². The molecule has 1 N–H and O–H groups in total. The van der Waals surface area contributed by atoms with E-state index in [1.807, 2.05) is 13.8 Å². The molecule has 0 heterocycles. The minimum atomic E-state index is 0.252. The third kappa shape index (κ3) is 4.74. The van der Waals surface area contributed by atoms with Gasteiger partial charge in [0.25, 0.3) is 0 Å². The Hall–Kier alpha value is -0.440. The van der Waals surface area contributed by atoms with E-state index in [1.54, 1.807) is 18.2 Å². The van der Waals surface area contributed by atoms with Crippen molar-refractivity contribution in [1.82, 2.24) is 0 Å². The highest BCUT2D eigenvalue weighted by Crippen LogP contribution is 2.24. The minimum absolute atomic E-state index is 0.252. The van der Waals surface area contributed by atoms with E-state index in [0.717, 1.165) is 12.2 Å². The molecular weight excluding hydrogens is 233 g/mol. The first-order valence-electron chi connectivity index (χ1n) is 4.90. The van der Waals surface area contributed by atoms with Crippen LogP contribution in [0.25, 0.3) is 0 Å². The van der Waals surface area contributed by atoms with Gasteiger partial charge in [-0.3, -0.25) is 0 Å². The maximum Gasteiger partial charge on any atom is 0.0642 e. The fraction of sp³-hybridized carbons (Fsp3) is 0.455. The van der Waals surface area contributed by atoms with E-state index >= 15 is 0 Å². The van der Waals surface area contributed by atoms with Crippen molar-refractivity contribution in [2.24, 2.45) is 0 Å². The Balaban J connectivity index is 2.40. The number of benzene rings is 1. The van der Waals surface area contributed by atoms with Gasteiger partial charge in [0.1, 0.15) is 0 Å². The molecule has 0 unspecified atom stereocenters. The molecule has 0 aliphatic rings. The van der Waals surface area contributed by atoms with E-state index in [9.17, 15) is 0 Å². The highest BCUT2D eigenvalue weighted by Gasteiger charge is 2.00. The summed E-state index contributed by atoms with van der Waals surface area (Å²) in [5, 5.41) is 4.51. The summed E-state index contributed by atoms with van der Waals surface area (Å²) in [6, 6.07) is 5.34. The summed E-state index contributed by atoms with van der Waals surface area (Å²) in [6.07, 6.45) is 0.252. The molecule has 0 saturated heterocycles. The van der Waals surface area contributed by atoms with E-state index in [1.165, 1.54) is 0 Å². The molecule has 0 atom stereocenters. The summed E-state index contributed by atoms with van der Waals surface area (Å²) in [5.74, 6) is 0. The Morgan fingerprint density at radius 3 is 2.73 bits per heavy atom. The van der Waals surface area contributed by atoms with Crippen LogP contribution in [0.2, 0.25) is 10.0 Å². The predicted octanol–water partition coefficient (Wildman–Crippen LogP) is 3.83. The van der Waals surface area contributed by atoms with Crippen molar-refractivity contribution in [3.05, 3.63) is 28.2 Å². The van der Waals surface area contributed by atoms with Gasteiger partial charge in [0.2, 0.25) is 0 Å². The second-order valence-corrected chi connectivity index (χ2v) is 4.31. The highest BCUT2D eigenvalue weighted by molar-refractivity contribution is 6.35. The van der Waals surface area contributed by atoms with Crippen LogP contribution < -0.4 is 5.32 Å². The van der Waals surface area contributed by atoms with Gasteiger partial charge in [0.15, 0.2) is 0 Å². The molecule has 0 aliphatic heterocycles. The van der Waals surface area contributed by atoms with Gasteiger partial charge in [-0.25, -0.2) is 0 Å². The van der Waals surface area contributed by atoms with E-state index in [4.69, 9.17) is 27.9 Å². The molecule has 1 rings (SSSR count). The van der Waals surface area contributed by atoms with Gasteiger partial charge >= 0.3 is 0 Å². The number of hydrogen-bond acceptors (Lipinski definition) is 2. The summed E-state index contributed by atoms with van der Waals surface area (Å²) >= 11 is 11.8. The zero-order chi connectivity index (χ0) is 11.3. The summed E-state index contributed by atoms with van der Waals surface area (Å²) in [4.78, 5) is 0. The van der Waals surface area contributed by atoms with E-state index in [2.05, 4.69) is 5.32 Å². The monoisotopic (exact) mass is 247 g/mol. The Morgan fingerprint density at radius 1 is 1.33 bits per heavy atom. The maximum atomic E-state index is 5.98. The molecular formula is C11H15Cl2NO. The molecule has 0 aromatic heterocycles. The van der Waals surface area contributed by atoms with E-state index in [-0.39, 0.29) is 6.10 Å². The van der Waals surface area contributed by atoms with Gasteiger partial charge in [-0.05, 0) is 32.0 Å². The molecule has 0 bridgehead atoms. The summed E-state index contributed by atoms with van der Waals surface area (Å²) in [5.41, 5.74) is 0.844. The van der Waals surface area contributed by atoms with Crippen LogP contribution in [0.1, 0.15) is 13.8 Å². The van der Waals surface area contributed by atoms with Crippen molar-refractivity contribution in [3.63, 3.8) is 0 Å². The molecule has 84 valence electrons. The van der Waals surface area contributed by atoms with Crippen LogP contribution in [-0.4, -0.2) is 19.3 Å². The molecule has 1 aromatic carbocycles. The van der Waals surface area contributed by atoms with Crippen molar-refractivity contribution in [3.8, 4) is 0 Å². The minimum Gasteiger partial charge on any atom is -0.381 e. The van der Waals surface area contributed by atoms with Crippen LogP contribution in [0.15, 0.2) is 18.2 Å². The fourth-order valence-corrected chi connectivity index (χ4v) is 1.47. The number of ether oxygens (including phenoxy) is 1. The second kappa shape index (κ2) is 6.21. The predicted molar refractivity (Wildman–Crippen MR) is 66.0 cm³/mol. The lowest BCUT2D eigenvalue weighted by Crippen LogP contribution is -2.13. The van der Waals surface area contributed by atoms with Crippen LogP contribution in [-0.2, 0) is 4.74 Å². The molecule has 0 fully saturated rings. The average Bonchev–Trinajstić information content (AvgIpc) is 2.17. The van der Waals surface area contributed by atoms with Crippen molar-refractivity contribution in [2.75, 3.05) is 18.5 Å². The Bertz CT molecular complexity index is 315. The van der Waals surface area contributed by atoms with Gasteiger partial charge in [-0.2, -0.15) is 0 Å². The van der Waals surface area contributed by atoms with Crippen molar-refractivity contribution >= 4 is 28.9 Å². The van der Waals surface area contributed by atoms with Gasteiger partial charge < -0.3 is 10.1 Å². The summed E-state index contributed by atoms with van der Waals surface area (Å²) < 4.78 is 5.40. The van der Waals surface area contributed by atoms with E-state index in [0.29, 0.717) is 16.7 Å². The number of rotatable bonds is 5. The van der Waals surface area contributed by atoms with Crippen LogP contribution in [0, 0.1) is 0 Å². The zero-order valence-electron chi connectivity index (χ0n) is 8.89. The maximum absolute atomic E-state index is 5.98. The van der Waals surface area contributed by atoms with Gasteiger partial charge in [0, 0.05) is 11.6 Å². The van der Waals surface area contributed by atoms with Crippen LogP contribution in [0.5, 0.6) is 0 Å². The SMILES string of the molecule is CC(C)OCCNc1cc(Cl)ccc1Cl. The van der Waals surface area contributed by atoms with Crippen molar-refractivity contribution in [2.45, 2.75) is 20.0 Å². The lowest BCUT2D eigenvalue weighted by molar-refractivity contribution is 0.0870. The van der Waals surface area contributed by atoms with Crippen LogP contribution in [0.4, 0.5) is 5.69 Å². The van der Waals surface area contributed by atoms with Gasteiger partial charge in [-0.1, -0.05) is 23.2 Å². The number of anilines is 1. The van der Waals surface area contributed by atoms with Gasteiger partial charge in [0.05, 0.1) is 23.4 Å². The lowest BCUT2D eigenvalue weighted by Gasteiger charge is -2.10. The Labute approximate surface area is 101 Å². The first-order chi connectivity index (χ1) is 7.09. The van der Waals surface area contributed by atoms with Gasteiger partial charge in [-0.15, -0.1) is 0 Å². The van der Waals surface area contributed by atoms with Crippen LogP contribution >= 0.6 is 23.2 Å². The van der Waals surface area contributed by atoms with E-state index < -0.39 is 0 Å². The normalized spacial score (nSPS) is 10.7. The first-order valence-corrected chi connectivity index (χ1v) is 5.65. The second-order valence-electron chi connectivity index (χ2n) is 3.47. The summed E-state index contributed by atoms with van der Waals surface area (Å²) in [6.45, 7) is 5.39. The zero-order valence-corrected chi connectivity index (χ0v) is 10.4. The van der Waals surface area contributed by atoms with Crippen LogP contribution in [0.3, 0.4) is 0 Å². The third-order valence-electron chi connectivity index (χ3n) is 1.80. The molecule has 15 heavy (non-hydrogen) atoms. The molecule has 0 aliphatic carbocycles. The lowest BCUT2D eigenvalue weighted by atomic mass is 10.3. The molecule has 0 radical (unpaired) electrons. The third-order valence-corrected chi connectivity index (χ3v) is 2.36. The largest absolute Gasteiger partial charge is 0.381 e. The number of halogens is 2. The molecule has 0 saturated carbocycles. The molecule has 0 amide bonds. The fourth-order valence-electron chi connectivity index (χ4n) is 1.11. The standard InChI is InChI=1S/C11H15Cl2NO/c1-8(2)15-6-5-14-11-7-9(12)3-4-10(11)13/h3-4,7-8,14H,5-6H2,1-2H3. The highest BCUT2D eigenvalue weighted by atomic mass is 35.5. The molecule has 4 heteroatoms. The molecule has 1 aromatic rings. The number of hydrogen-bond donors (Lipinski definition) is 1. The first kappa shape index (κ1) is 12.6. The topological polar surface area (TPSA) is 21.3 Å². The average molecular weight is 248 g/mol. The molecule has 0 spiro atoms. The van der Waals surface area contributed by atoms with Crippen molar-refractivity contribution < 1.29 is 4.74 Å².